The molecule has 10 heavy (non-hydrogen) atoms. The molecule has 2 nitrogen and oxygen atoms in total. The first-order valence-corrected chi connectivity index (χ1v) is 4.32. The highest BCUT2D eigenvalue weighted by molar-refractivity contribution is 4.78. The van der Waals surface area contributed by atoms with Crippen LogP contribution >= 0.6 is 0 Å². The number of nitrogens with one attached hydrogen (secondary N) is 1. The van der Waals surface area contributed by atoms with Crippen LogP contribution in [0.25, 0.3) is 0 Å². The minimum Gasteiger partial charge on any atom is -0.328 e. The Bertz CT molecular complexity index is 91.3. The molecule has 0 radical (unpaired) electrons. The molecule has 0 aromatic rings. The van der Waals surface area contributed by atoms with Crippen molar-refractivity contribution in [3.05, 3.63) is 0 Å². The zero-order chi connectivity index (χ0) is 7.40. The van der Waals surface area contributed by atoms with Crippen LogP contribution < -0.4 is 11.1 Å². The zero-order valence-electron chi connectivity index (χ0n) is 6.77. The van der Waals surface area contributed by atoms with Crippen LogP contribution in [0.1, 0.15) is 32.6 Å². The minimum atomic E-state index is 0.456. The first-order valence-electron chi connectivity index (χ1n) is 4.32. The maximum atomic E-state index is 5.82. The summed E-state index contributed by atoms with van der Waals surface area (Å²) < 4.78 is 0. The number of hydrogen-bond donors (Lipinski definition) is 2. The molecule has 60 valence electrons. The van der Waals surface area contributed by atoms with E-state index < -0.39 is 0 Å². The van der Waals surface area contributed by atoms with E-state index in [-0.39, 0.29) is 0 Å². The molecular formula is C8H18N2. The second-order valence-electron chi connectivity index (χ2n) is 3.18. The first-order chi connectivity index (χ1) is 4.83. The molecular weight excluding hydrogens is 124 g/mol. The Morgan fingerprint density at radius 1 is 1.50 bits per heavy atom. The lowest BCUT2D eigenvalue weighted by atomic mass is 9.92. The third-order valence-corrected chi connectivity index (χ3v) is 2.21. The summed E-state index contributed by atoms with van der Waals surface area (Å²) in [6.45, 7) is 3.23. The Kier molecular flexibility index (Phi) is 3.16. The van der Waals surface area contributed by atoms with E-state index in [0.29, 0.717) is 12.1 Å². The van der Waals surface area contributed by atoms with Crippen LogP contribution in [0.3, 0.4) is 0 Å². The van der Waals surface area contributed by atoms with Gasteiger partial charge in [0.2, 0.25) is 0 Å². The van der Waals surface area contributed by atoms with Crippen LogP contribution in [0, 0.1) is 0 Å². The lowest BCUT2D eigenvalue weighted by Gasteiger charge is -2.26. The van der Waals surface area contributed by atoms with Gasteiger partial charge in [0.15, 0.2) is 0 Å². The summed E-state index contributed by atoms with van der Waals surface area (Å²) >= 11 is 0. The van der Waals surface area contributed by atoms with Crippen LogP contribution in [0.15, 0.2) is 0 Å². The molecule has 1 fully saturated rings. The van der Waals surface area contributed by atoms with E-state index in [4.69, 9.17) is 5.73 Å². The van der Waals surface area contributed by atoms with Crippen LogP contribution in [0.4, 0.5) is 0 Å². The van der Waals surface area contributed by atoms with Crippen LogP contribution in [-0.2, 0) is 0 Å². The van der Waals surface area contributed by atoms with E-state index >= 15 is 0 Å². The fourth-order valence-corrected chi connectivity index (χ4v) is 1.70. The van der Waals surface area contributed by atoms with Gasteiger partial charge in [0.1, 0.15) is 0 Å². The van der Waals surface area contributed by atoms with Crippen molar-refractivity contribution in [2.45, 2.75) is 44.7 Å². The Morgan fingerprint density at radius 2 is 2.30 bits per heavy atom. The largest absolute Gasteiger partial charge is 0.328 e. The highest BCUT2D eigenvalue weighted by Gasteiger charge is 2.17. The molecule has 1 aliphatic carbocycles. The predicted molar refractivity (Wildman–Crippen MR) is 43.9 cm³/mol. The van der Waals surface area contributed by atoms with Gasteiger partial charge in [0, 0.05) is 12.1 Å². The van der Waals surface area contributed by atoms with Gasteiger partial charge in [-0.05, 0) is 25.8 Å². The van der Waals surface area contributed by atoms with Gasteiger partial charge in [-0.2, -0.15) is 0 Å². The smallest absolute Gasteiger partial charge is 0.00816 e. The van der Waals surface area contributed by atoms with Gasteiger partial charge in [0.25, 0.3) is 0 Å². The van der Waals surface area contributed by atoms with Crippen molar-refractivity contribution in [3.63, 3.8) is 0 Å². The lowest BCUT2D eigenvalue weighted by Crippen LogP contribution is -2.39. The highest BCUT2D eigenvalue weighted by atomic mass is 14.9. The Hall–Kier alpha value is -0.0800. The van der Waals surface area contributed by atoms with E-state index in [1.807, 2.05) is 0 Å². The number of nitrogens with two attached hydrogens (primary N) is 1. The Morgan fingerprint density at radius 3 is 2.90 bits per heavy atom. The zero-order valence-corrected chi connectivity index (χ0v) is 6.77. The Balaban J connectivity index is 2.18. The van der Waals surface area contributed by atoms with E-state index in [0.717, 1.165) is 6.54 Å². The van der Waals surface area contributed by atoms with Gasteiger partial charge < -0.3 is 11.1 Å². The van der Waals surface area contributed by atoms with Crippen molar-refractivity contribution in [2.75, 3.05) is 6.54 Å². The summed E-state index contributed by atoms with van der Waals surface area (Å²) in [6.07, 6.45) is 5.02. The average molecular weight is 142 g/mol. The van der Waals surface area contributed by atoms with E-state index in [2.05, 4.69) is 12.2 Å². The normalized spacial score (nSPS) is 34.2. The summed E-state index contributed by atoms with van der Waals surface area (Å²) in [5.41, 5.74) is 5.82. The summed E-state index contributed by atoms with van der Waals surface area (Å²) in [6, 6.07) is 1.16. The lowest BCUT2D eigenvalue weighted by molar-refractivity contribution is 0.344. The van der Waals surface area contributed by atoms with Gasteiger partial charge >= 0.3 is 0 Å². The van der Waals surface area contributed by atoms with Crippen molar-refractivity contribution in [3.8, 4) is 0 Å². The summed E-state index contributed by atoms with van der Waals surface area (Å²) in [5.74, 6) is 0. The molecule has 0 heterocycles. The second-order valence-corrected chi connectivity index (χ2v) is 3.18. The van der Waals surface area contributed by atoms with Crippen molar-refractivity contribution in [1.82, 2.24) is 5.32 Å². The summed E-state index contributed by atoms with van der Waals surface area (Å²) in [7, 11) is 0. The molecule has 0 amide bonds. The van der Waals surface area contributed by atoms with Crippen molar-refractivity contribution in [2.24, 2.45) is 5.73 Å². The molecule has 1 aliphatic rings. The molecule has 1 saturated carbocycles. The third-order valence-electron chi connectivity index (χ3n) is 2.21. The molecule has 0 bridgehead atoms. The molecule has 2 heteroatoms. The van der Waals surface area contributed by atoms with Crippen molar-refractivity contribution < 1.29 is 0 Å². The topological polar surface area (TPSA) is 38.0 Å². The monoisotopic (exact) mass is 142 g/mol. The molecule has 0 saturated heterocycles. The minimum absolute atomic E-state index is 0.456. The van der Waals surface area contributed by atoms with Gasteiger partial charge in [0.05, 0.1) is 0 Å². The van der Waals surface area contributed by atoms with Gasteiger partial charge in [-0.25, -0.2) is 0 Å². The second kappa shape index (κ2) is 3.94. The molecule has 0 aliphatic heterocycles. The number of rotatable bonds is 2. The molecule has 0 aromatic carbocycles. The molecule has 2 unspecified atom stereocenters. The van der Waals surface area contributed by atoms with E-state index in [9.17, 15) is 0 Å². The summed E-state index contributed by atoms with van der Waals surface area (Å²) in [5, 5.41) is 3.43. The van der Waals surface area contributed by atoms with Crippen LogP contribution in [-0.4, -0.2) is 18.6 Å². The fraction of sp³-hybridized carbons (Fsp3) is 1.00. The van der Waals surface area contributed by atoms with E-state index in [1.54, 1.807) is 0 Å². The molecule has 3 N–H and O–H groups in total. The fourth-order valence-electron chi connectivity index (χ4n) is 1.70. The van der Waals surface area contributed by atoms with Gasteiger partial charge in [-0.1, -0.05) is 13.3 Å². The van der Waals surface area contributed by atoms with E-state index in [1.165, 1.54) is 25.7 Å². The highest BCUT2D eigenvalue weighted by Crippen LogP contribution is 2.16. The van der Waals surface area contributed by atoms with Crippen LogP contribution in [0.2, 0.25) is 0 Å². The molecule has 0 spiro atoms. The Labute approximate surface area is 63.2 Å². The molecule has 1 rings (SSSR count). The number of hydrogen-bond acceptors (Lipinski definition) is 2. The maximum absolute atomic E-state index is 5.82. The standard InChI is InChI=1S/C8H18N2/c1-2-10-8-5-3-4-7(9)6-8/h7-8,10H,2-6,9H2,1H3. The third kappa shape index (κ3) is 2.27. The van der Waals surface area contributed by atoms with Crippen molar-refractivity contribution in [1.29, 1.82) is 0 Å². The predicted octanol–water partition coefficient (Wildman–Crippen LogP) is 0.866. The summed E-state index contributed by atoms with van der Waals surface area (Å²) in [4.78, 5) is 0. The van der Waals surface area contributed by atoms with Crippen LogP contribution in [0.5, 0.6) is 0 Å². The van der Waals surface area contributed by atoms with Gasteiger partial charge in [-0.3, -0.25) is 0 Å². The first kappa shape index (κ1) is 8.02. The average Bonchev–Trinajstić information content (AvgIpc) is 1.88. The molecule has 2 atom stereocenters. The molecule has 0 aromatic heterocycles. The SMILES string of the molecule is CCNC1CCCC(N)C1. The quantitative estimate of drug-likeness (QED) is 0.600. The van der Waals surface area contributed by atoms with Crippen molar-refractivity contribution >= 4 is 0 Å². The van der Waals surface area contributed by atoms with Gasteiger partial charge in [-0.15, -0.1) is 0 Å². The maximum Gasteiger partial charge on any atom is 0.00816 e.